The van der Waals surface area contributed by atoms with Crippen molar-refractivity contribution in [2.45, 2.75) is 13.5 Å². The molecule has 0 saturated heterocycles. The number of anilines is 1. The lowest BCUT2D eigenvalue weighted by Crippen LogP contribution is -2.22. The molecule has 15 heavy (non-hydrogen) atoms. The smallest absolute Gasteiger partial charge is 0.230 e. The van der Waals surface area contributed by atoms with Crippen molar-refractivity contribution in [1.82, 2.24) is 0 Å². The molecule has 1 heterocycles. The third-order valence-corrected chi connectivity index (χ3v) is 2.47. The van der Waals surface area contributed by atoms with Gasteiger partial charge in [-0.15, -0.1) is 0 Å². The first kappa shape index (κ1) is 9.98. The number of rotatable bonds is 1. The molecule has 1 aromatic rings. The molecule has 0 saturated carbocycles. The Labute approximate surface area is 88.4 Å². The van der Waals surface area contributed by atoms with E-state index in [9.17, 15) is 4.79 Å². The van der Waals surface area contributed by atoms with E-state index in [4.69, 9.17) is 10.5 Å². The van der Waals surface area contributed by atoms with Gasteiger partial charge < -0.3 is 15.8 Å². The van der Waals surface area contributed by atoms with Crippen LogP contribution in [0.25, 0.3) is 0 Å². The zero-order chi connectivity index (χ0) is 10.8. The molecule has 0 radical (unpaired) electrons. The molecule has 1 aliphatic rings. The molecule has 0 aliphatic carbocycles. The summed E-state index contributed by atoms with van der Waals surface area (Å²) in [6.45, 7) is 2.71. The van der Waals surface area contributed by atoms with Crippen LogP contribution in [-0.4, -0.2) is 12.5 Å². The van der Waals surface area contributed by atoms with Gasteiger partial charge in [-0.25, -0.2) is 0 Å². The van der Waals surface area contributed by atoms with Crippen molar-refractivity contribution in [2.75, 3.05) is 11.9 Å². The summed E-state index contributed by atoms with van der Waals surface area (Å²) in [6, 6.07) is 5.60. The summed E-state index contributed by atoms with van der Waals surface area (Å²) in [5, 5.41) is 2.83. The van der Waals surface area contributed by atoms with Crippen LogP contribution in [0.1, 0.15) is 12.5 Å². The summed E-state index contributed by atoms with van der Waals surface area (Å²) >= 11 is 0. The van der Waals surface area contributed by atoms with E-state index in [1.165, 1.54) is 0 Å². The lowest BCUT2D eigenvalue weighted by atomic mass is 10.1. The molecule has 1 amide bonds. The quantitative estimate of drug-likeness (QED) is 0.723. The number of carbonyl (C=O) groups excluding carboxylic acids is 1. The highest BCUT2D eigenvalue weighted by molar-refractivity contribution is 5.94. The molecule has 80 valence electrons. The Morgan fingerprint density at radius 1 is 1.60 bits per heavy atom. The second-order valence-corrected chi connectivity index (χ2v) is 3.74. The fourth-order valence-corrected chi connectivity index (χ4v) is 1.47. The van der Waals surface area contributed by atoms with Crippen LogP contribution in [0.5, 0.6) is 5.75 Å². The van der Waals surface area contributed by atoms with Gasteiger partial charge in [-0.1, -0.05) is 13.0 Å². The van der Waals surface area contributed by atoms with Crippen LogP contribution < -0.4 is 15.8 Å². The van der Waals surface area contributed by atoms with Gasteiger partial charge in [0.1, 0.15) is 5.75 Å². The molecule has 1 unspecified atom stereocenters. The molecule has 4 heteroatoms. The number of fused-ring (bicyclic) bond motifs is 1. The number of hydrogen-bond donors (Lipinski definition) is 2. The maximum absolute atomic E-state index is 11.6. The standard InChI is InChI=1S/C11H14N2O2/c1-7-6-15-10-3-2-8(5-12)4-9(10)13-11(7)14/h2-4,7H,5-6,12H2,1H3,(H,13,14). The molecule has 2 rings (SSSR count). The molecular formula is C11H14N2O2. The fraction of sp³-hybridized carbons (Fsp3) is 0.364. The minimum Gasteiger partial charge on any atom is -0.491 e. The molecule has 1 atom stereocenters. The number of nitrogens with two attached hydrogens (primary N) is 1. The number of carbonyl (C=O) groups is 1. The molecule has 0 spiro atoms. The van der Waals surface area contributed by atoms with Crippen molar-refractivity contribution in [2.24, 2.45) is 11.7 Å². The number of amides is 1. The average Bonchev–Trinajstić information content (AvgIpc) is 2.39. The molecule has 0 aromatic heterocycles. The van der Waals surface area contributed by atoms with Gasteiger partial charge in [0.05, 0.1) is 18.2 Å². The lowest BCUT2D eigenvalue weighted by Gasteiger charge is -2.07. The van der Waals surface area contributed by atoms with E-state index < -0.39 is 0 Å². The molecule has 0 bridgehead atoms. The van der Waals surface area contributed by atoms with Crippen LogP contribution in [0.15, 0.2) is 18.2 Å². The van der Waals surface area contributed by atoms with E-state index in [0.29, 0.717) is 24.6 Å². The van der Waals surface area contributed by atoms with Crippen molar-refractivity contribution in [1.29, 1.82) is 0 Å². The first-order valence-corrected chi connectivity index (χ1v) is 4.97. The van der Waals surface area contributed by atoms with Gasteiger partial charge in [0, 0.05) is 6.54 Å². The Balaban J connectivity index is 2.35. The highest BCUT2D eigenvalue weighted by Gasteiger charge is 2.20. The van der Waals surface area contributed by atoms with Crippen molar-refractivity contribution < 1.29 is 9.53 Å². The normalized spacial score (nSPS) is 19.9. The van der Waals surface area contributed by atoms with E-state index in [1.807, 2.05) is 25.1 Å². The number of benzene rings is 1. The van der Waals surface area contributed by atoms with Crippen molar-refractivity contribution in [3.63, 3.8) is 0 Å². The fourth-order valence-electron chi connectivity index (χ4n) is 1.47. The lowest BCUT2D eigenvalue weighted by molar-refractivity contribution is -0.119. The number of ether oxygens (including phenoxy) is 1. The van der Waals surface area contributed by atoms with Crippen LogP contribution >= 0.6 is 0 Å². The Hall–Kier alpha value is -1.55. The Morgan fingerprint density at radius 3 is 3.13 bits per heavy atom. The van der Waals surface area contributed by atoms with E-state index in [1.54, 1.807) is 0 Å². The third kappa shape index (κ3) is 1.94. The van der Waals surface area contributed by atoms with Gasteiger partial charge in [0.25, 0.3) is 0 Å². The average molecular weight is 206 g/mol. The maximum Gasteiger partial charge on any atom is 0.230 e. The molecule has 1 aliphatic heterocycles. The SMILES string of the molecule is CC1COc2ccc(CN)cc2NC1=O. The summed E-state index contributed by atoms with van der Waals surface area (Å²) in [4.78, 5) is 11.6. The van der Waals surface area contributed by atoms with Crippen molar-refractivity contribution in [3.8, 4) is 5.75 Å². The number of hydrogen-bond acceptors (Lipinski definition) is 3. The molecular weight excluding hydrogens is 192 g/mol. The Kier molecular flexibility index (Phi) is 2.60. The predicted octanol–water partition coefficient (Wildman–Crippen LogP) is 1.11. The first-order chi connectivity index (χ1) is 7.20. The van der Waals surface area contributed by atoms with Gasteiger partial charge >= 0.3 is 0 Å². The van der Waals surface area contributed by atoms with Crippen molar-refractivity contribution in [3.05, 3.63) is 23.8 Å². The third-order valence-electron chi connectivity index (χ3n) is 2.47. The van der Waals surface area contributed by atoms with Gasteiger partial charge in [-0.2, -0.15) is 0 Å². The predicted molar refractivity (Wildman–Crippen MR) is 57.6 cm³/mol. The highest BCUT2D eigenvalue weighted by atomic mass is 16.5. The Bertz CT molecular complexity index is 390. The second-order valence-electron chi connectivity index (χ2n) is 3.74. The van der Waals surface area contributed by atoms with Crippen LogP contribution in [0, 0.1) is 5.92 Å². The van der Waals surface area contributed by atoms with Gasteiger partial charge in [0.15, 0.2) is 0 Å². The topological polar surface area (TPSA) is 64.3 Å². The van der Waals surface area contributed by atoms with Gasteiger partial charge in [-0.3, -0.25) is 4.79 Å². The maximum atomic E-state index is 11.6. The van der Waals surface area contributed by atoms with Crippen LogP contribution in [0.3, 0.4) is 0 Å². The zero-order valence-electron chi connectivity index (χ0n) is 8.62. The summed E-state index contributed by atoms with van der Waals surface area (Å²) in [7, 11) is 0. The van der Waals surface area contributed by atoms with Gasteiger partial charge in [0.2, 0.25) is 5.91 Å². The number of nitrogens with one attached hydrogen (secondary N) is 1. The monoisotopic (exact) mass is 206 g/mol. The molecule has 3 N–H and O–H groups in total. The van der Waals surface area contributed by atoms with E-state index in [-0.39, 0.29) is 11.8 Å². The van der Waals surface area contributed by atoms with E-state index >= 15 is 0 Å². The Morgan fingerprint density at radius 2 is 2.40 bits per heavy atom. The van der Waals surface area contributed by atoms with Crippen LogP contribution in [-0.2, 0) is 11.3 Å². The zero-order valence-corrected chi connectivity index (χ0v) is 8.62. The van der Waals surface area contributed by atoms with Crippen LogP contribution in [0.4, 0.5) is 5.69 Å². The summed E-state index contributed by atoms with van der Waals surface area (Å²) < 4.78 is 5.51. The van der Waals surface area contributed by atoms with Crippen molar-refractivity contribution >= 4 is 11.6 Å². The largest absolute Gasteiger partial charge is 0.491 e. The summed E-state index contributed by atoms with van der Waals surface area (Å²) in [5.41, 5.74) is 7.22. The second kappa shape index (κ2) is 3.90. The molecule has 0 fully saturated rings. The summed E-state index contributed by atoms with van der Waals surface area (Å²) in [6.07, 6.45) is 0. The molecule has 1 aromatic carbocycles. The molecule has 4 nitrogen and oxygen atoms in total. The summed E-state index contributed by atoms with van der Waals surface area (Å²) in [5.74, 6) is 0.576. The minimum atomic E-state index is -0.126. The first-order valence-electron chi connectivity index (χ1n) is 4.97. The van der Waals surface area contributed by atoms with E-state index in [2.05, 4.69) is 5.32 Å². The van der Waals surface area contributed by atoms with Crippen LogP contribution in [0.2, 0.25) is 0 Å². The van der Waals surface area contributed by atoms with Gasteiger partial charge in [-0.05, 0) is 17.7 Å². The minimum absolute atomic E-state index is 0.0112. The highest BCUT2D eigenvalue weighted by Crippen LogP contribution is 2.28. The van der Waals surface area contributed by atoms with E-state index in [0.717, 1.165) is 5.56 Å².